The maximum Gasteiger partial charge on any atom is 0.338 e. The molecular formula is C16H10N2O2S. The molecule has 0 atom stereocenters. The molecule has 0 aliphatic heterocycles. The summed E-state index contributed by atoms with van der Waals surface area (Å²) >= 11 is 1.55. The summed E-state index contributed by atoms with van der Waals surface area (Å²) in [5.41, 5.74) is 1.84. The lowest BCUT2D eigenvalue weighted by molar-refractivity contribution is 0.561. The van der Waals surface area contributed by atoms with Crippen LogP contribution in [-0.4, -0.2) is 4.98 Å². The third kappa shape index (κ3) is 2.17. The van der Waals surface area contributed by atoms with Crippen LogP contribution in [0.5, 0.6) is 0 Å². The van der Waals surface area contributed by atoms with Crippen LogP contribution in [0.1, 0.15) is 0 Å². The van der Waals surface area contributed by atoms with E-state index in [9.17, 15) is 4.79 Å². The molecule has 2 heterocycles. The van der Waals surface area contributed by atoms with E-state index in [0.717, 1.165) is 20.7 Å². The van der Waals surface area contributed by atoms with Crippen LogP contribution >= 0.6 is 11.3 Å². The smallest absolute Gasteiger partial charge is 0.338 e. The minimum Gasteiger partial charge on any atom is -0.423 e. The Morgan fingerprint density at radius 1 is 1.05 bits per heavy atom. The molecule has 0 bridgehead atoms. The van der Waals surface area contributed by atoms with Crippen molar-refractivity contribution >= 4 is 43.3 Å². The molecule has 0 aliphatic rings. The molecular weight excluding hydrogens is 284 g/mol. The molecule has 0 unspecified atom stereocenters. The van der Waals surface area contributed by atoms with Gasteiger partial charge in [-0.15, -0.1) is 0 Å². The maximum absolute atomic E-state index is 11.6. The number of para-hydroxylation sites is 2. The Labute approximate surface area is 123 Å². The zero-order valence-electron chi connectivity index (χ0n) is 10.9. The van der Waals surface area contributed by atoms with Crippen LogP contribution < -0.4 is 10.9 Å². The highest BCUT2D eigenvalue weighted by atomic mass is 32.1. The first-order valence-corrected chi connectivity index (χ1v) is 7.27. The Bertz CT molecular complexity index is 971. The van der Waals surface area contributed by atoms with Gasteiger partial charge in [0.05, 0.1) is 15.9 Å². The molecule has 4 aromatic rings. The predicted octanol–water partition coefficient (Wildman–Crippen LogP) is 4.15. The van der Waals surface area contributed by atoms with Gasteiger partial charge >= 0.3 is 5.63 Å². The highest BCUT2D eigenvalue weighted by Crippen LogP contribution is 2.30. The molecule has 0 saturated heterocycles. The fourth-order valence-electron chi connectivity index (χ4n) is 2.26. The Hall–Kier alpha value is -2.66. The van der Waals surface area contributed by atoms with Gasteiger partial charge in [-0.25, -0.2) is 9.78 Å². The van der Waals surface area contributed by atoms with E-state index in [2.05, 4.69) is 10.3 Å². The number of aromatic nitrogens is 1. The van der Waals surface area contributed by atoms with Crippen molar-refractivity contribution in [3.63, 3.8) is 0 Å². The van der Waals surface area contributed by atoms with Crippen LogP contribution in [0.2, 0.25) is 0 Å². The van der Waals surface area contributed by atoms with Gasteiger partial charge in [0.2, 0.25) is 0 Å². The van der Waals surface area contributed by atoms with Crippen LogP contribution in [-0.2, 0) is 0 Å². The molecule has 0 saturated carbocycles. The number of nitrogens with zero attached hydrogens (tertiary/aromatic N) is 1. The van der Waals surface area contributed by atoms with Crippen molar-refractivity contribution in [2.45, 2.75) is 0 Å². The van der Waals surface area contributed by atoms with Gasteiger partial charge in [-0.1, -0.05) is 35.6 Å². The van der Waals surface area contributed by atoms with Gasteiger partial charge in [-0.2, -0.15) is 0 Å². The Morgan fingerprint density at radius 3 is 2.76 bits per heavy atom. The number of hydrogen-bond acceptors (Lipinski definition) is 5. The minimum absolute atomic E-state index is 0.377. The summed E-state index contributed by atoms with van der Waals surface area (Å²) in [7, 11) is 0. The average Bonchev–Trinajstić information content (AvgIpc) is 2.89. The summed E-state index contributed by atoms with van der Waals surface area (Å²) in [6.07, 6.45) is 0. The maximum atomic E-state index is 11.6. The van der Waals surface area contributed by atoms with Crippen LogP contribution in [0, 0.1) is 0 Å². The normalized spacial score (nSPS) is 11.0. The molecule has 0 aliphatic carbocycles. The molecule has 1 N–H and O–H groups in total. The second-order valence-corrected chi connectivity index (χ2v) is 5.62. The van der Waals surface area contributed by atoms with Gasteiger partial charge in [0.25, 0.3) is 0 Å². The molecule has 0 amide bonds. The van der Waals surface area contributed by atoms with Crippen molar-refractivity contribution in [2.75, 3.05) is 5.32 Å². The van der Waals surface area contributed by atoms with E-state index < -0.39 is 0 Å². The van der Waals surface area contributed by atoms with Crippen molar-refractivity contribution in [3.05, 3.63) is 65.0 Å². The fourth-order valence-corrected chi connectivity index (χ4v) is 3.13. The topological polar surface area (TPSA) is 55.1 Å². The molecule has 2 aromatic heterocycles. The zero-order valence-corrected chi connectivity index (χ0v) is 11.7. The first-order valence-electron chi connectivity index (χ1n) is 6.45. The number of nitrogens with one attached hydrogen (secondary N) is 1. The highest BCUT2D eigenvalue weighted by molar-refractivity contribution is 7.22. The Balaban J connectivity index is 1.85. The summed E-state index contributed by atoms with van der Waals surface area (Å²) in [5.74, 6) is 0. The van der Waals surface area contributed by atoms with Crippen molar-refractivity contribution in [1.29, 1.82) is 0 Å². The van der Waals surface area contributed by atoms with Crippen molar-refractivity contribution < 1.29 is 4.42 Å². The third-order valence-corrected chi connectivity index (χ3v) is 4.14. The number of thiazole rings is 1. The van der Waals surface area contributed by atoms with Gasteiger partial charge in [-0.3, -0.25) is 0 Å². The van der Waals surface area contributed by atoms with E-state index in [1.54, 1.807) is 17.4 Å². The number of rotatable bonds is 2. The number of hydrogen-bond donors (Lipinski definition) is 1. The number of fused-ring (bicyclic) bond motifs is 2. The van der Waals surface area contributed by atoms with Gasteiger partial charge in [-0.05, 0) is 24.3 Å². The average molecular weight is 294 g/mol. The fraction of sp³-hybridized carbons (Fsp3) is 0. The molecule has 4 nitrogen and oxygen atoms in total. The zero-order chi connectivity index (χ0) is 14.2. The van der Waals surface area contributed by atoms with Crippen molar-refractivity contribution in [2.24, 2.45) is 0 Å². The lowest BCUT2D eigenvalue weighted by Crippen LogP contribution is -2.00. The van der Waals surface area contributed by atoms with Crippen LogP contribution in [0.4, 0.5) is 10.8 Å². The summed E-state index contributed by atoms with van der Waals surface area (Å²) in [4.78, 5) is 16.2. The van der Waals surface area contributed by atoms with E-state index in [4.69, 9.17) is 4.42 Å². The Morgan fingerprint density at radius 2 is 1.86 bits per heavy atom. The van der Waals surface area contributed by atoms with Crippen molar-refractivity contribution in [1.82, 2.24) is 4.98 Å². The van der Waals surface area contributed by atoms with Crippen LogP contribution in [0.3, 0.4) is 0 Å². The molecule has 4 rings (SSSR count). The highest BCUT2D eigenvalue weighted by Gasteiger charge is 2.08. The van der Waals surface area contributed by atoms with Crippen LogP contribution in [0.25, 0.3) is 21.2 Å². The molecule has 2 aromatic carbocycles. The standard InChI is InChI=1S/C16H10N2O2S/c19-15-9-12(10-5-1-3-7-13(10)20-15)18-16-17-11-6-2-4-8-14(11)21-16/h1-9H,(H,17,18). The first-order chi connectivity index (χ1) is 10.3. The summed E-state index contributed by atoms with van der Waals surface area (Å²) in [6.45, 7) is 0. The quantitative estimate of drug-likeness (QED) is 0.564. The minimum atomic E-state index is -0.377. The SMILES string of the molecule is O=c1cc(Nc2nc3ccccc3s2)c2ccccc2o1. The van der Waals surface area contributed by atoms with E-state index in [-0.39, 0.29) is 5.63 Å². The molecule has 102 valence electrons. The summed E-state index contributed by atoms with van der Waals surface area (Å²) in [5, 5.41) is 4.84. The van der Waals surface area contributed by atoms with E-state index in [1.165, 1.54) is 6.07 Å². The monoisotopic (exact) mass is 294 g/mol. The van der Waals surface area contributed by atoms with Gasteiger partial charge in [0, 0.05) is 11.5 Å². The van der Waals surface area contributed by atoms with E-state index in [0.29, 0.717) is 11.3 Å². The number of anilines is 2. The summed E-state index contributed by atoms with van der Waals surface area (Å²) in [6, 6.07) is 16.8. The molecule has 0 radical (unpaired) electrons. The first kappa shape index (κ1) is 12.1. The molecule has 21 heavy (non-hydrogen) atoms. The predicted molar refractivity (Wildman–Crippen MR) is 85.4 cm³/mol. The molecule has 0 spiro atoms. The summed E-state index contributed by atoms with van der Waals surface area (Å²) < 4.78 is 6.29. The molecule has 5 heteroatoms. The second-order valence-electron chi connectivity index (χ2n) is 4.59. The van der Waals surface area contributed by atoms with Gasteiger partial charge in [0.1, 0.15) is 5.58 Å². The lowest BCUT2D eigenvalue weighted by atomic mass is 10.2. The number of benzene rings is 2. The van der Waals surface area contributed by atoms with Crippen molar-refractivity contribution in [3.8, 4) is 0 Å². The third-order valence-electron chi connectivity index (χ3n) is 3.19. The largest absolute Gasteiger partial charge is 0.423 e. The lowest BCUT2D eigenvalue weighted by Gasteiger charge is -2.05. The van der Waals surface area contributed by atoms with E-state index >= 15 is 0 Å². The Kier molecular flexibility index (Phi) is 2.72. The van der Waals surface area contributed by atoms with Gasteiger partial charge < -0.3 is 9.73 Å². The molecule has 0 fully saturated rings. The second kappa shape index (κ2) is 4.71. The van der Waals surface area contributed by atoms with E-state index in [1.807, 2.05) is 42.5 Å². The van der Waals surface area contributed by atoms with Gasteiger partial charge in [0.15, 0.2) is 5.13 Å². The van der Waals surface area contributed by atoms with Crippen LogP contribution in [0.15, 0.2) is 63.8 Å².